The molecule has 0 radical (unpaired) electrons. The molecule has 8 nitrogen and oxygen atoms in total. The highest BCUT2D eigenvalue weighted by molar-refractivity contribution is 6.12. The summed E-state index contributed by atoms with van der Waals surface area (Å²) in [5.41, 5.74) is 7.17. The summed E-state index contributed by atoms with van der Waals surface area (Å²) >= 11 is 0. The molecule has 1 aromatic heterocycles. The molecule has 0 saturated heterocycles. The fourth-order valence-electron chi connectivity index (χ4n) is 4.71. The van der Waals surface area contributed by atoms with Gasteiger partial charge in [-0.05, 0) is 24.5 Å². The molecule has 4 N–H and O–H groups in total. The molecule has 186 valence electrons. The number of benzene rings is 3. The zero-order chi connectivity index (χ0) is 25.1. The minimum Gasteiger partial charge on any atom is -0.497 e. The standard InChI is InChI=1S/C28H29N3O5/c1-34-19-13-18(14-20(15-19)35-2)30-27(26-22-9-3-4-11-24(22)36-31-26)28(33)23-16-29-25-17(8-6-12-32)7-5-10-21(23)25/h3-5,7,9-11,13-16,26-27,29-32H,6,8,12H2,1-2H3. The second kappa shape index (κ2) is 10.3. The lowest BCUT2D eigenvalue weighted by molar-refractivity contribution is 0.0923. The number of H-pyrrole nitrogens is 1. The summed E-state index contributed by atoms with van der Waals surface area (Å²) in [6, 6.07) is 17.9. The number of hydrogen-bond donors (Lipinski definition) is 4. The summed E-state index contributed by atoms with van der Waals surface area (Å²) < 4.78 is 10.9. The summed E-state index contributed by atoms with van der Waals surface area (Å²) in [6.07, 6.45) is 3.14. The van der Waals surface area contributed by atoms with Crippen LogP contribution in [0.15, 0.2) is 66.9 Å². The lowest BCUT2D eigenvalue weighted by Crippen LogP contribution is -2.41. The van der Waals surface area contributed by atoms with Crippen molar-refractivity contribution in [3.63, 3.8) is 0 Å². The van der Waals surface area contributed by atoms with Gasteiger partial charge < -0.3 is 29.7 Å². The van der Waals surface area contributed by atoms with Crippen molar-refractivity contribution < 1.29 is 24.2 Å². The maximum atomic E-state index is 14.2. The maximum Gasteiger partial charge on any atom is 0.189 e. The van der Waals surface area contributed by atoms with Crippen LogP contribution >= 0.6 is 0 Å². The van der Waals surface area contributed by atoms with Gasteiger partial charge in [0.05, 0.1) is 20.3 Å². The van der Waals surface area contributed by atoms with Crippen LogP contribution in [0.2, 0.25) is 0 Å². The topological polar surface area (TPSA) is 105 Å². The van der Waals surface area contributed by atoms with Crippen molar-refractivity contribution in [3.8, 4) is 17.2 Å². The number of ether oxygens (including phenoxy) is 2. The highest BCUT2D eigenvalue weighted by atomic mass is 16.7. The number of aromatic nitrogens is 1. The van der Waals surface area contributed by atoms with E-state index < -0.39 is 12.1 Å². The summed E-state index contributed by atoms with van der Waals surface area (Å²) in [5, 5.41) is 13.5. The van der Waals surface area contributed by atoms with Gasteiger partial charge in [0, 0.05) is 58.7 Å². The minimum atomic E-state index is -0.703. The quantitative estimate of drug-likeness (QED) is 0.246. The van der Waals surface area contributed by atoms with Crippen molar-refractivity contribution in [2.24, 2.45) is 0 Å². The SMILES string of the molecule is COc1cc(NC(C(=O)c2c[nH]c3c(CCCO)cccc23)C2NOc3ccccc32)cc(OC)c1. The first kappa shape index (κ1) is 23.7. The normalized spacial score (nSPS) is 15.2. The Morgan fingerprint density at radius 3 is 2.61 bits per heavy atom. The van der Waals surface area contributed by atoms with E-state index in [4.69, 9.17) is 14.3 Å². The number of hydrogen-bond acceptors (Lipinski definition) is 7. The van der Waals surface area contributed by atoms with Crippen LogP contribution in [-0.4, -0.2) is 42.7 Å². The fourth-order valence-corrected chi connectivity index (χ4v) is 4.71. The Balaban J connectivity index is 1.56. The van der Waals surface area contributed by atoms with Crippen LogP contribution in [0.3, 0.4) is 0 Å². The van der Waals surface area contributed by atoms with E-state index in [0.717, 1.165) is 28.5 Å². The number of Topliss-reactive ketones (excluding diaryl/α,β-unsaturated/α-hetero) is 1. The highest BCUT2D eigenvalue weighted by Crippen LogP contribution is 2.36. The number of anilines is 1. The van der Waals surface area contributed by atoms with Gasteiger partial charge >= 0.3 is 0 Å². The number of aryl methyl sites for hydroxylation is 1. The molecule has 4 aromatic rings. The number of para-hydroxylation sites is 2. The first-order valence-corrected chi connectivity index (χ1v) is 11.9. The molecule has 8 heteroatoms. The molecule has 3 aromatic carbocycles. The molecule has 0 aliphatic carbocycles. The molecule has 0 saturated carbocycles. The number of methoxy groups -OCH3 is 2. The molecule has 5 rings (SSSR count). The minimum absolute atomic E-state index is 0.0971. The monoisotopic (exact) mass is 487 g/mol. The first-order valence-electron chi connectivity index (χ1n) is 11.9. The van der Waals surface area contributed by atoms with Crippen molar-refractivity contribution in [1.29, 1.82) is 0 Å². The Hall–Kier alpha value is -4.01. The largest absolute Gasteiger partial charge is 0.497 e. The summed E-state index contributed by atoms with van der Waals surface area (Å²) in [4.78, 5) is 23.2. The van der Waals surface area contributed by atoms with Crippen molar-refractivity contribution in [2.75, 3.05) is 26.1 Å². The Labute approximate surface area is 209 Å². The van der Waals surface area contributed by atoms with Crippen LogP contribution < -0.4 is 25.1 Å². The third kappa shape index (κ3) is 4.48. The van der Waals surface area contributed by atoms with E-state index in [2.05, 4.69) is 15.8 Å². The van der Waals surface area contributed by atoms with E-state index in [-0.39, 0.29) is 12.4 Å². The van der Waals surface area contributed by atoms with Gasteiger partial charge in [0.15, 0.2) is 11.5 Å². The smallest absolute Gasteiger partial charge is 0.189 e. The van der Waals surface area contributed by atoms with E-state index in [0.29, 0.717) is 34.9 Å². The molecule has 2 unspecified atom stereocenters. The van der Waals surface area contributed by atoms with Gasteiger partial charge in [-0.25, -0.2) is 0 Å². The van der Waals surface area contributed by atoms with Crippen molar-refractivity contribution in [2.45, 2.75) is 24.9 Å². The number of aliphatic hydroxyl groups is 1. The van der Waals surface area contributed by atoms with E-state index in [9.17, 15) is 9.90 Å². The third-order valence-corrected chi connectivity index (χ3v) is 6.51. The number of fused-ring (bicyclic) bond motifs is 2. The predicted octanol–water partition coefficient (Wildman–Crippen LogP) is 4.41. The molecule has 0 fully saturated rings. The molecule has 2 heterocycles. The molecular weight excluding hydrogens is 458 g/mol. The zero-order valence-electron chi connectivity index (χ0n) is 20.2. The lowest BCUT2D eigenvalue weighted by Gasteiger charge is -2.24. The molecule has 0 amide bonds. The second-order valence-corrected chi connectivity index (χ2v) is 8.69. The van der Waals surface area contributed by atoms with E-state index in [1.807, 2.05) is 54.6 Å². The second-order valence-electron chi connectivity index (χ2n) is 8.69. The Morgan fingerprint density at radius 1 is 1.08 bits per heavy atom. The number of hydroxylamine groups is 1. The summed E-state index contributed by atoms with van der Waals surface area (Å²) in [7, 11) is 3.17. The van der Waals surface area contributed by atoms with Crippen molar-refractivity contribution in [1.82, 2.24) is 10.5 Å². The number of ketones is 1. The molecule has 0 spiro atoms. The van der Waals surface area contributed by atoms with Gasteiger partial charge in [-0.3, -0.25) is 4.79 Å². The zero-order valence-corrected chi connectivity index (χ0v) is 20.2. The fraction of sp³-hybridized carbons (Fsp3) is 0.250. The molecule has 2 atom stereocenters. The van der Waals surface area contributed by atoms with Gasteiger partial charge in [0.2, 0.25) is 0 Å². The number of nitrogens with one attached hydrogen (secondary N) is 3. The summed E-state index contributed by atoms with van der Waals surface area (Å²) in [6.45, 7) is 0.117. The maximum absolute atomic E-state index is 14.2. The van der Waals surface area contributed by atoms with Gasteiger partial charge in [-0.2, -0.15) is 0 Å². The van der Waals surface area contributed by atoms with Crippen LogP contribution in [0.1, 0.15) is 33.9 Å². The first-order chi connectivity index (χ1) is 17.6. The third-order valence-electron chi connectivity index (χ3n) is 6.51. The predicted molar refractivity (Wildman–Crippen MR) is 138 cm³/mol. The van der Waals surface area contributed by atoms with Crippen molar-refractivity contribution in [3.05, 3.63) is 83.6 Å². The van der Waals surface area contributed by atoms with Gasteiger partial charge in [-0.15, -0.1) is 5.48 Å². The Kier molecular flexibility index (Phi) is 6.79. The van der Waals surface area contributed by atoms with E-state index in [1.165, 1.54) is 0 Å². The Morgan fingerprint density at radius 2 is 1.86 bits per heavy atom. The van der Waals surface area contributed by atoms with Crippen LogP contribution in [-0.2, 0) is 6.42 Å². The Bertz CT molecular complexity index is 1360. The molecule has 36 heavy (non-hydrogen) atoms. The molecule has 1 aliphatic heterocycles. The number of rotatable bonds is 10. The average Bonchev–Trinajstić information content (AvgIpc) is 3.55. The van der Waals surface area contributed by atoms with E-state index in [1.54, 1.807) is 26.5 Å². The van der Waals surface area contributed by atoms with Crippen molar-refractivity contribution >= 4 is 22.4 Å². The van der Waals surface area contributed by atoms with E-state index >= 15 is 0 Å². The molecular formula is C28H29N3O5. The highest BCUT2D eigenvalue weighted by Gasteiger charge is 2.37. The summed E-state index contributed by atoms with van der Waals surface area (Å²) in [5.74, 6) is 1.81. The van der Waals surface area contributed by atoms with Crippen LogP contribution in [0.25, 0.3) is 10.9 Å². The van der Waals surface area contributed by atoms with Crippen LogP contribution in [0, 0.1) is 0 Å². The molecule has 1 aliphatic rings. The molecule has 0 bridgehead atoms. The van der Waals surface area contributed by atoms with Gasteiger partial charge in [0.25, 0.3) is 0 Å². The average molecular weight is 488 g/mol. The number of aromatic amines is 1. The lowest BCUT2D eigenvalue weighted by atomic mass is 9.92. The number of carbonyl (C=O) groups excluding carboxylic acids is 1. The van der Waals surface area contributed by atoms with Crippen LogP contribution in [0.5, 0.6) is 17.2 Å². The van der Waals surface area contributed by atoms with Gasteiger partial charge in [-0.1, -0.05) is 36.4 Å². The number of carbonyl (C=O) groups is 1. The van der Waals surface area contributed by atoms with Gasteiger partial charge in [0.1, 0.15) is 17.5 Å². The number of aliphatic hydroxyl groups excluding tert-OH is 1. The van der Waals surface area contributed by atoms with Crippen LogP contribution in [0.4, 0.5) is 5.69 Å².